The Kier molecular flexibility index (Phi) is 4.35. The van der Waals surface area contributed by atoms with E-state index in [-0.39, 0.29) is 6.04 Å². The van der Waals surface area contributed by atoms with Crippen LogP contribution in [0, 0.1) is 0 Å². The van der Waals surface area contributed by atoms with Crippen molar-refractivity contribution < 1.29 is 0 Å². The van der Waals surface area contributed by atoms with E-state index in [4.69, 9.17) is 0 Å². The first-order valence-corrected chi connectivity index (χ1v) is 14.4. The Labute approximate surface area is 229 Å². The molecule has 0 spiro atoms. The van der Waals surface area contributed by atoms with Gasteiger partial charge in [-0.15, -0.1) is 11.3 Å². The molecular formula is C36H24N2S. The minimum atomic E-state index is 0.262. The predicted octanol–water partition coefficient (Wildman–Crippen LogP) is 10.1. The lowest BCUT2D eigenvalue weighted by Gasteiger charge is -2.23. The van der Waals surface area contributed by atoms with Crippen molar-refractivity contribution in [2.24, 2.45) is 0 Å². The third-order valence-corrected chi connectivity index (χ3v) is 9.80. The van der Waals surface area contributed by atoms with E-state index in [0.29, 0.717) is 0 Å². The van der Waals surface area contributed by atoms with E-state index < -0.39 is 0 Å². The first-order chi connectivity index (χ1) is 19.4. The monoisotopic (exact) mass is 516 g/mol. The second kappa shape index (κ2) is 7.95. The fourth-order valence-electron chi connectivity index (χ4n) is 6.85. The Morgan fingerprint density at radius 2 is 1.05 bits per heavy atom. The SMILES string of the molecule is C1=Cc2c(sc3c(-n4c5ccccc5c5ccccc54)cccc23)C(n2c3ccccc3c3ccccc32)C1. The van der Waals surface area contributed by atoms with Crippen molar-refractivity contribution in [2.45, 2.75) is 12.5 Å². The molecule has 0 saturated carbocycles. The smallest absolute Gasteiger partial charge is 0.0725 e. The Morgan fingerprint density at radius 1 is 0.538 bits per heavy atom. The van der Waals surface area contributed by atoms with Crippen LogP contribution in [0.2, 0.25) is 0 Å². The zero-order valence-electron chi connectivity index (χ0n) is 21.2. The maximum absolute atomic E-state index is 2.59. The van der Waals surface area contributed by atoms with Crippen LogP contribution in [0.15, 0.2) is 121 Å². The van der Waals surface area contributed by atoms with Gasteiger partial charge in [-0.25, -0.2) is 0 Å². The summed E-state index contributed by atoms with van der Waals surface area (Å²) in [5.74, 6) is 0. The lowest BCUT2D eigenvalue weighted by atomic mass is 9.98. The van der Waals surface area contributed by atoms with Crippen LogP contribution < -0.4 is 0 Å². The Balaban J connectivity index is 1.35. The number of thiophene rings is 1. The molecule has 3 heteroatoms. The molecule has 3 heterocycles. The highest BCUT2D eigenvalue weighted by Crippen LogP contribution is 2.47. The van der Waals surface area contributed by atoms with Crippen LogP contribution in [0.5, 0.6) is 0 Å². The van der Waals surface area contributed by atoms with Crippen molar-refractivity contribution in [1.29, 1.82) is 0 Å². The second-order valence-electron chi connectivity index (χ2n) is 10.5. The molecule has 1 aliphatic carbocycles. The maximum atomic E-state index is 2.59. The van der Waals surface area contributed by atoms with E-state index in [1.54, 1.807) is 0 Å². The van der Waals surface area contributed by atoms with Gasteiger partial charge in [0, 0.05) is 42.8 Å². The maximum Gasteiger partial charge on any atom is 0.0725 e. The van der Waals surface area contributed by atoms with Gasteiger partial charge in [-0.05, 0) is 42.3 Å². The normalized spacial score (nSPS) is 15.2. The minimum Gasteiger partial charge on any atom is -0.332 e. The van der Waals surface area contributed by atoms with Gasteiger partial charge in [0.25, 0.3) is 0 Å². The van der Waals surface area contributed by atoms with Crippen LogP contribution in [0.3, 0.4) is 0 Å². The van der Waals surface area contributed by atoms with E-state index in [9.17, 15) is 0 Å². The third-order valence-electron chi connectivity index (χ3n) is 8.46. The Hall–Kier alpha value is -4.60. The van der Waals surface area contributed by atoms with Crippen LogP contribution in [-0.4, -0.2) is 9.13 Å². The quantitative estimate of drug-likeness (QED) is 0.216. The van der Waals surface area contributed by atoms with Crippen molar-refractivity contribution in [3.8, 4) is 5.69 Å². The van der Waals surface area contributed by atoms with Gasteiger partial charge in [0.15, 0.2) is 0 Å². The molecule has 9 rings (SSSR count). The van der Waals surface area contributed by atoms with Crippen LogP contribution in [-0.2, 0) is 0 Å². The molecule has 0 bridgehead atoms. The minimum absolute atomic E-state index is 0.262. The molecule has 0 amide bonds. The number of para-hydroxylation sites is 4. The average Bonchev–Trinajstić information content (AvgIpc) is 3.65. The van der Waals surface area contributed by atoms with Crippen LogP contribution in [0.1, 0.15) is 22.9 Å². The number of aromatic nitrogens is 2. The molecule has 184 valence electrons. The largest absolute Gasteiger partial charge is 0.332 e. The van der Waals surface area contributed by atoms with Gasteiger partial charge < -0.3 is 9.13 Å². The highest BCUT2D eigenvalue weighted by atomic mass is 32.1. The highest BCUT2D eigenvalue weighted by Gasteiger charge is 2.27. The topological polar surface area (TPSA) is 9.86 Å². The molecule has 1 unspecified atom stereocenters. The number of benzene rings is 5. The van der Waals surface area contributed by atoms with Gasteiger partial charge >= 0.3 is 0 Å². The van der Waals surface area contributed by atoms with Crippen molar-refractivity contribution in [1.82, 2.24) is 9.13 Å². The summed E-state index contributed by atoms with van der Waals surface area (Å²) in [4.78, 5) is 1.45. The van der Waals surface area contributed by atoms with Gasteiger partial charge in [0.05, 0.1) is 27.5 Å². The second-order valence-corrected chi connectivity index (χ2v) is 11.5. The summed E-state index contributed by atoms with van der Waals surface area (Å²) in [6.45, 7) is 0. The molecule has 0 N–H and O–H groups in total. The number of nitrogens with zero attached hydrogens (tertiary/aromatic N) is 2. The van der Waals surface area contributed by atoms with E-state index in [1.807, 2.05) is 11.3 Å². The molecule has 5 aromatic carbocycles. The van der Waals surface area contributed by atoms with Crippen molar-refractivity contribution >= 4 is 71.1 Å². The van der Waals surface area contributed by atoms with Crippen LogP contribution >= 0.6 is 11.3 Å². The van der Waals surface area contributed by atoms with Gasteiger partial charge in [0.2, 0.25) is 0 Å². The Bertz CT molecular complexity index is 2170. The van der Waals surface area contributed by atoms with Crippen molar-refractivity contribution in [3.63, 3.8) is 0 Å². The zero-order chi connectivity index (χ0) is 25.5. The molecule has 0 radical (unpaired) electrons. The third kappa shape index (κ3) is 2.85. The summed E-state index contributed by atoms with van der Waals surface area (Å²) in [7, 11) is 0. The molecule has 39 heavy (non-hydrogen) atoms. The summed E-state index contributed by atoms with van der Waals surface area (Å²) in [6, 6.07) is 42.4. The average molecular weight is 517 g/mol. The summed E-state index contributed by atoms with van der Waals surface area (Å²) >= 11 is 1.97. The molecule has 1 aliphatic rings. The summed E-state index contributed by atoms with van der Waals surface area (Å²) in [6.07, 6.45) is 5.72. The fourth-order valence-corrected chi connectivity index (χ4v) is 8.25. The van der Waals surface area contributed by atoms with Gasteiger partial charge in [-0.2, -0.15) is 0 Å². The van der Waals surface area contributed by atoms with E-state index >= 15 is 0 Å². The molecule has 0 saturated heterocycles. The summed E-state index contributed by atoms with van der Waals surface area (Å²) in [5, 5.41) is 6.60. The highest BCUT2D eigenvalue weighted by molar-refractivity contribution is 7.20. The molecule has 3 aromatic heterocycles. The zero-order valence-corrected chi connectivity index (χ0v) is 22.0. The number of fused-ring (bicyclic) bond motifs is 9. The number of hydrogen-bond acceptors (Lipinski definition) is 1. The Morgan fingerprint density at radius 3 is 1.67 bits per heavy atom. The van der Waals surface area contributed by atoms with Crippen LogP contribution in [0.25, 0.3) is 65.5 Å². The van der Waals surface area contributed by atoms with Crippen molar-refractivity contribution in [2.75, 3.05) is 0 Å². The van der Waals surface area contributed by atoms with Gasteiger partial charge in [-0.3, -0.25) is 0 Å². The number of hydrogen-bond donors (Lipinski definition) is 0. The molecular weight excluding hydrogens is 492 g/mol. The lowest BCUT2D eigenvalue weighted by Crippen LogP contribution is -2.11. The molecule has 1 atom stereocenters. The lowest BCUT2D eigenvalue weighted by molar-refractivity contribution is 0.637. The first-order valence-electron chi connectivity index (χ1n) is 13.6. The van der Waals surface area contributed by atoms with Gasteiger partial charge in [-0.1, -0.05) is 97.1 Å². The number of allylic oxidation sites excluding steroid dienone is 1. The van der Waals surface area contributed by atoms with Gasteiger partial charge in [0.1, 0.15) is 0 Å². The molecule has 8 aromatic rings. The van der Waals surface area contributed by atoms with E-state index in [0.717, 1.165) is 6.42 Å². The number of rotatable bonds is 2. The summed E-state index contributed by atoms with van der Waals surface area (Å²) < 4.78 is 6.41. The first kappa shape index (κ1) is 21.3. The molecule has 0 aliphatic heterocycles. The standard InChI is InChI=1S/C36H24N2S/c1-5-17-29-23(11-1)24-12-2-6-18-30(24)37(29)33-21-9-15-27-28-16-10-22-34(36(28)39-35(27)33)38-31-19-7-3-13-25(31)26-14-4-8-20-32(26)38/h1-21,34H,22H2. The predicted molar refractivity (Wildman–Crippen MR) is 167 cm³/mol. The van der Waals surface area contributed by atoms with E-state index in [2.05, 4.69) is 137 Å². The van der Waals surface area contributed by atoms with Crippen LogP contribution in [0.4, 0.5) is 0 Å². The fraction of sp³-hybridized carbons (Fsp3) is 0.0556. The van der Waals surface area contributed by atoms with Crippen molar-refractivity contribution in [3.05, 3.63) is 132 Å². The van der Waals surface area contributed by atoms with E-state index in [1.165, 1.54) is 69.8 Å². The molecule has 2 nitrogen and oxygen atoms in total. The summed E-state index contributed by atoms with van der Waals surface area (Å²) in [5.41, 5.74) is 7.77. The molecule has 0 fully saturated rings.